The molecule has 1 N–H and O–H groups in total. The molecule has 2 aromatic rings. The van der Waals surface area contributed by atoms with Crippen molar-refractivity contribution in [2.24, 2.45) is 4.99 Å². The van der Waals surface area contributed by atoms with Crippen LogP contribution in [0.1, 0.15) is 22.6 Å². The van der Waals surface area contributed by atoms with Crippen LogP contribution in [0.5, 0.6) is 0 Å². The van der Waals surface area contributed by atoms with E-state index in [2.05, 4.69) is 44.6 Å². The van der Waals surface area contributed by atoms with Crippen LogP contribution in [-0.2, 0) is 13.0 Å². The normalized spacial score (nSPS) is 11.5. The number of hydrogen-bond donors (Lipinski definition) is 1. The summed E-state index contributed by atoms with van der Waals surface area (Å²) in [4.78, 5) is 6.45. The number of aliphatic imine (C=N–C) groups is 1. The van der Waals surface area contributed by atoms with Crippen LogP contribution in [0.2, 0.25) is 0 Å². The average molecular weight is 300 g/mol. The van der Waals surface area contributed by atoms with E-state index in [9.17, 15) is 0 Å². The lowest BCUT2D eigenvalue weighted by atomic mass is 10.1. The summed E-state index contributed by atoms with van der Waals surface area (Å²) >= 11 is 0. The van der Waals surface area contributed by atoms with Gasteiger partial charge in [0.1, 0.15) is 5.76 Å². The van der Waals surface area contributed by atoms with Gasteiger partial charge >= 0.3 is 0 Å². The fraction of sp³-hybridized carbons (Fsp3) is 0.412. The highest BCUT2D eigenvalue weighted by Gasteiger charge is 2.10. The molecule has 0 saturated heterocycles. The zero-order valence-electron chi connectivity index (χ0n) is 13.8. The van der Waals surface area contributed by atoms with Crippen LogP contribution >= 0.6 is 0 Å². The lowest BCUT2D eigenvalue weighted by molar-refractivity contribution is 0.392. The Morgan fingerprint density at radius 1 is 1.27 bits per heavy atom. The summed E-state index contributed by atoms with van der Waals surface area (Å²) in [5, 5.41) is 7.37. The topological polar surface area (TPSA) is 53.7 Å². The van der Waals surface area contributed by atoms with E-state index >= 15 is 0 Å². The molecule has 1 aromatic heterocycles. The van der Waals surface area contributed by atoms with E-state index < -0.39 is 0 Å². The summed E-state index contributed by atoms with van der Waals surface area (Å²) in [6.45, 7) is 5.55. The van der Waals surface area contributed by atoms with Crippen molar-refractivity contribution in [3.8, 4) is 0 Å². The van der Waals surface area contributed by atoms with Crippen LogP contribution in [0.25, 0.3) is 0 Å². The maximum atomic E-state index is 5.19. The monoisotopic (exact) mass is 300 g/mol. The zero-order chi connectivity index (χ0) is 15.9. The van der Waals surface area contributed by atoms with Crippen molar-refractivity contribution in [2.45, 2.75) is 26.8 Å². The first-order chi connectivity index (χ1) is 10.6. The van der Waals surface area contributed by atoms with Gasteiger partial charge in [0.15, 0.2) is 5.96 Å². The summed E-state index contributed by atoms with van der Waals surface area (Å²) in [6.07, 6.45) is 0.874. The average Bonchev–Trinajstić information content (AvgIpc) is 2.84. The van der Waals surface area contributed by atoms with E-state index in [4.69, 9.17) is 4.52 Å². The number of nitrogens with zero attached hydrogens (tertiary/aromatic N) is 3. The van der Waals surface area contributed by atoms with Crippen LogP contribution in [0, 0.1) is 13.8 Å². The molecule has 0 aliphatic rings. The Hall–Kier alpha value is -2.30. The molecular formula is C17H24N4O. The summed E-state index contributed by atoms with van der Waals surface area (Å²) in [5.41, 5.74) is 3.40. The number of aryl methyl sites for hydroxylation is 2. The van der Waals surface area contributed by atoms with E-state index in [0.29, 0.717) is 0 Å². The maximum Gasteiger partial charge on any atom is 0.193 e. The van der Waals surface area contributed by atoms with Gasteiger partial charge in [-0.1, -0.05) is 35.5 Å². The fourth-order valence-electron chi connectivity index (χ4n) is 2.48. The van der Waals surface area contributed by atoms with E-state index in [1.807, 2.05) is 27.0 Å². The van der Waals surface area contributed by atoms with Crippen LogP contribution in [-0.4, -0.2) is 36.7 Å². The second-order valence-electron chi connectivity index (χ2n) is 5.37. The van der Waals surface area contributed by atoms with Gasteiger partial charge in [0.2, 0.25) is 0 Å². The molecule has 1 aromatic carbocycles. The molecule has 0 unspecified atom stereocenters. The van der Waals surface area contributed by atoms with Crippen molar-refractivity contribution in [3.63, 3.8) is 0 Å². The van der Waals surface area contributed by atoms with E-state index in [0.717, 1.165) is 36.9 Å². The minimum absolute atomic E-state index is 0.800. The first kappa shape index (κ1) is 16.1. The Kier molecular flexibility index (Phi) is 5.58. The molecule has 0 radical (unpaired) electrons. The maximum absolute atomic E-state index is 5.19. The van der Waals surface area contributed by atoms with Gasteiger partial charge < -0.3 is 14.7 Å². The third-order valence-corrected chi connectivity index (χ3v) is 3.68. The SMILES string of the molecule is CN=C(NCCc1c(C)noc1C)N(C)Cc1ccccc1. The van der Waals surface area contributed by atoms with Gasteiger partial charge in [-0.3, -0.25) is 4.99 Å². The van der Waals surface area contributed by atoms with Crippen molar-refractivity contribution in [2.75, 3.05) is 20.6 Å². The van der Waals surface area contributed by atoms with E-state index in [1.54, 1.807) is 7.05 Å². The predicted octanol–water partition coefficient (Wildman–Crippen LogP) is 2.54. The highest BCUT2D eigenvalue weighted by molar-refractivity contribution is 5.79. The predicted molar refractivity (Wildman–Crippen MR) is 89.0 cm³/mol. The van der Waals surface area contributed by atoms with Gasteiger partial charge in [0.05, 0.1) is 5.69 Å². The molecule has 118 valence electrons. The summed E-state index contributed by atoms with van der Waals surface area (Å²) < 4.78 is 5.19. The molecule has 1 heterocycles. The van der Waals surface area contributed by atoms with Crippen molar-refractivity contribution in [1.82, 2.24) is 15.4 Å². The Labute approximate surface area is 132 Å². The standard InChI is InChI=1S/C17H24N4O/c1-13-16(14(2)22-20-13)10-11-19-17(18-3)21(4)12-15-8-6-5-7-9-15/h5-9H,10-12H2,1-4H3,(H,18,19). The number of guanidine groups is 1. The Morgan fingerprint density at radius 2 is 2.00 bits per heavy atom. The van der Waals surface area contributed by atoms with Crippen LogP contribution in [0.3, 0.4) is 0 Å². The zero-order valence-corrected chi connectivity index (χ0v) is 13.8. The summed E-state index contributed by atoms with van der Waals surface area (Å²) in [6, 6.07) is 10.4. The molecule has 0 spiro atoms. The Morgan fingerprint density at radius 3 is 2.59 bits per heavy atom. The van der Waals surface area contributed by atoms with Gasteiger partial charge in [0, 0.05) is 32.7 Å². The van der Waals surface area contributed by atoms with Crippen molar-refractivity contribution in [3.05, 3.63) is 52.9 Å². The summed E-state index contributed by atoms with van der Waals surface area (Å²) in [7, 11) is 3.85. The first-order valence-electron chi connectivity index (χ1n) is 7.49. The molecule has 0 amide bonds. The second kappa shape index (κ2) is 7.64. The molecule has 2 rings (SSSR count). The molecule has 22 heavy (non-hydrogen) atoms. The van der Waals surface area contributed by atoms with Crippen molar-refractivity contribution in [1.29, 1.82) is 0 Å². The smallest absolute Gasteiger partial charge is 0.193 e. The van der Waals surface area contributed by atoms with E-state index in [1.165, 1.54) is 11.1 Å². The molecule has 0 saturated carbocycles. The first-order valence-corrected chi connectivity index (χ1v) is 7.49. The number of aromatic nitrogens is 1. The van der Waals surface area contributed by atoms with Gasteiger partial charge in [-0.2, -0.15) is 0 Å². The number of nitrogens with one attached hydrogen (secondary N) is 1. The van der Waals surface area contributed by atoms with Crippen LogP contribution in [0.15, 0.2) is 39.8 Å². The quantitative estimate of drug-likeness (QED) is 0.681. The number of rotatable bonds is 5. The van der Waals surface area contributed by atoms with Gasteiger partial charge in [0.25, 0.3) is 0 Å². The van der Waals surface area contributed by atoms with Gasteiger partial charge in [-0.15, -0.1) is 0 Å². The number of hydrogen-bond acceptors (Lipinski definition) is 3. The molecule has 5 nitrogen and oxygen atoms in total. The Balaban J connectivity index is 1.87. The third kappa shape index (κ3) is 4.10. The van der Waals surface area contributed by atoms with Crippen LogP contribution in [0.4, 0.5) is 0 Å². The van der Waals surface area contributed by atoms with E-state index in [-0.39, 0.29) is 0 Å². The highest BCUT2D eigenvalue weighted by atomic mass is 16.5. The lowest BCUT2D eigenvalue weighted by Gasteiger charge is -2.22. The molecule has 5 heteroatoms. The molecule has 0 atom stereocenters. The van der Waals surface area contributed by atoms with Crippen LogP contribution < -0.4 is 5.32 Å². The second-order valence-corrected chi connectivity index (χ2v) is 5.37. The van der Waals surface area contributed by atoms with Crippen molar-refractivity contribution < 1.29 is 4.52 Å². The fourth-order valence-corrected chi connectivity index (χ4v) is 2.48. The molecule has 0 aliphatic carbocycles. The molecular weight excluding hydrogens is 276 g/mol. The minimum atomic E-state index is 0.800. The summed E-state index contributed by atoms with van der Waals surface area (Å²) in [5.74, 6) is 1.78. The lowest BCUT2D eigenvalue weighted by Crippen LogP contribution is -2.39. The van der Waals surface area contributed by atoms with Crippen molar-refractivity contribution >= 4 is 5.96 Å². The Bertz CT molecular complexity index is 599. The van der Waals surface area contributed by atoms with Gasteiger partial charge in [-0.25, -0.2) is 0 Å². The number of benzene rings is 1. The highest BCUT2D eigenvalue weighted by Crippen LogP contribution is 2.12. The molecule has 0 fully saturated rings. The molecule has 0 aliphatic heterocycles. The minimum Gasteiger partial charge on any atom is -0.361 e. The van der Waals surface area contributed by atoms with Gasteiger partial charge in [-0.05, 0) is 25.8 Å². The third-order valence-electron chi connectivity index (χ3n) is 3.68. The largest absolute Gasteiger partial charge is 0.361 e. The molecule has 0 bridgehead atoms.